The predicted molar refractivity (Wildman–Crippen MR) is 67.1 cm³/mol. The summed E-state index contributed by atoms with van der Waals surface area (Å²) in [5.74, 6) is 0.0896. The first-order valence-corrected chi connectivity index (χ1v) is 6.17. The number of aliphatic hydroxyl groups excluding tert-OH is 1. The minimum atomic E-state index is -1.22. The van der Waals surface area contributed by atoms with Crippen molar-refractivity contribution in [3.8, 4) is 0 Å². The molecular formula is C12H13Cl2NO2. The molecule has 0 radical (unpaired) electrons. The molecule has 5 heteroatoms. The highest BCUT2D eigenvalue weighted by atomic mass is 35.5. The topological polar surface area (TPSA) is 49.3 Å². The van der Waals surface area contributed by atoms with Gasteiger partial charge in [-0.3, -0.25) is 4.79 Å². The Labute approximate surface area is 110 Å². The summed E-state index contributed by atoms with van der Waals surface area (Å²) in [4.78, 5) is 11.7. The van der Waals surface area contributed by atoms with Gasteiger partial charge in [0.05, 0.1) is 0 Å². The fraction of sp³-hybridized carbons (Fsp3) is 0.417. The van der Waals surface area contributed by atoms with Crippen LogP contribution in [0.5, 0.6) is 0 Å². The molecule has 17 heavy (non-hydrogen) atoms. The lowest BCUT2D eigenvalue weighted by Crippen LogP contribution is -2.31. The second-order valence-corrected chi connectivity index (χ2v) is 5.31. The molecule has 2 N–H and O–H groups in total. The standard InChI is InChI=1S/C12H13Cl2NO2/c1-6-2-10(6)15-12(17)11(16)7-3-8(13)5-9(14)4-7/h3-6,10-11,16H,2H2,1H3,(H,15,17). The minimum absolute atomic E-state index is 0.187. The molecule has 1 aromatic rings. The van der Waals surface area contributed by atoms with Gasteiger partial charge >= 0.3 is 0 Å². The first-order chi connectivity index (χ1) is 7.97. The lowest BCUT2D eigenvalue weighted by Gasteiger charge is -2.12. The smallest absolute Gasteiger partial charge is 0.253 e. The van der Waals surface area contributed by atoms with Crippen LogP contribution in [-0.2, 0) is 4.79 Å². The molecule has 1 aliphatic carbocycles. The molecule has 92 valence electrons. The van der Waals surface area contributed by atoms with E-state index < -0.39 is 12.0 Å². The monoisotopic (exact) mass is 273 g/mol. The number of carbonyl (C=O) groups excluding carboxylic acids is 1. The molecule has 1 aromatic carbocycles. The van der Waals surface area contributed by atoms with Crippen LogP contribution in [0.4, 0.5) is 0 Å². The number of rotatable bonds is 3. The third kappa shape index (κ3) is 3.12. The first-order valence-electron chi connectivity index (χ1n) is 5.42. The van der Waals surface area contributed by atoms with Crippen LogP contribution >= 0.6 is 23.2 Å². The Bertz CT molecular complexity index is 430. The van der Waals surface area contributed by atoms with E-state index in [2.05, 4.69) is 5.32 Å². The Morgan fingerprint density at radius 1 is 1.41 bits per heavy atom. The van der Waals surface area contributed by atoms with Crippen molar-refractivity contribution >= 4 is 29.1 Å². The summed E-state index contributed by atoms with van der Waals surface area (Å²) < 4.78 is 0. The SMILES string of the molecule is CC1CC1NC(=O)C(O)c1cc(Cl)cc(Cl)c1. The van der Waals surface area contributed by atoms with Crippen molar-refractivity contribution in [2.75, 3.05) is 0 Å². The zero-order valence-electron chi connectivity index (χ0n) is 9.28. The van der Waals surface area contributed by atoms with Gasteiger partial charge in [0.25, 0.3) is 5.91 Å². The van der Waals surface area contributed by atoms with Gasteiger partial charge < -0.3 is 10.4 Å². The summed E-state index contributed by atoms with van der Waals surface area (Å²) in [6.45, 7) is 2.05. The van der Waals surface area contributed by atoms with Gasteiger partial charge in [0.2, 0.25) is 0 Å². The van der Waals surface area contributed by atoms with Crippen LogP contribution in [0.3, 0.4) is 0 Å². The molecule has 3 unspecified atom stereocenters. The maximum absolute atomic E-state index is 11.7. The van der Waals surface area contributed by atoms with Crippen LogP contribution in [0.15, 0.2) is 18.2 Å². The molecule has 0 aliphatic heterocycles. The van der Waals surface area contributed by atoms with Gasteiger partial charge in [0.15, 0.2) is 6.10 Å². The third-order valence-electron chi connectivity index (χ3n) is 2.89. The quantitative estimate of drug-likeness (QED) is 0.889. The highest BCUT2D eigenvalue weighted by molar-refractivity contribution is 6.34. The summed E-state index contributed by atoms with van der Waals surface area (Å²) in [7, 11) is 0. The van der Waals surface area contributed by atoms with E-state index in [1.54, 1.807) is 6.07 Å². The lowest BCUT2D eigenvalue weighted by atomic mass is 10.1. The maximum atomic E-state index is 11.7. The molecule has 1 amide bonds. The van der Waals surface area contributed by atoms with Crippen molar-refractivity contribution in [1.29, 1.82) is 0 Å². The average molecular weight is 274 g/mol. The molecular weight excluding hydrogens is 261 g/mol. The number of nitrogens with one attached hydrogen (secondary N) is 1. The van der Waals surface area contributed by atoms with Crippen molar-refractivity contribution in [3.05, 3.63) is 33.8 Å². The van der Waals surface area contributed by atoms with Crippen LogP contribution in [0.2, 0.25) is 10.0 Å². The Morgan fingerprint density at radius 3 is 2.41 bits per heavy atom. The average Bonchev–Trinajstić information content (AvgIpc) is 2.91. The van der Waals surface area contributed by atoms with Gasteiger partial charge in [-0.2, -0.15) is 0 Å². The van der Waals surface area contributed by atoms with E-state index in [4.69, 9.17) is 23.2 Å². The Hall–Kier alpha value is -0.770. The zero-order valence-corrected chi connectivity index (χ0v) is 10.8. The van der Waals surface area contributed by atoms with Crippen LogP contribution in [0.25, 0.3) is 0 Å². The van der Waals surface area contributed by atoms with E-state index in [-0.39, 0.29) is 6.04 Å². The molecule has 1 fully saturated rings. The van der Waals surface area contributed by atoms with Crippen molar-refractivity contribution in [3.63, 3.8) is 0 Å². The number of hydrogen-bond acceptors (Lipinski definition) is 2. The number of amides is 1. The molecule has 0 heterocycles. The second-order valence-electron chi connectivity index (χ2n) is 4.43. The van der Waals surface area contributed by atoms with E-state index in [0.29, 0.717) is 21.5 Å². The van der Waals surface area contributed by atoms with Gasteiger partial charge in [0, 0.05) is 16.1 Å². The van der Waals surface area contributed by atoms with Crippen LogP contribution in [-0.4, -0.2) is 17.1 Å². The fourth-order valence-corrected chi connectivity index (χ4v) is 2.21. The fourth-order valence-electron chi connectivity index (χ4n) is 1.67. The van der Waals surface area contributed by atoms with E-state index in [0.717, 1.165) is 6.42 Å². The molecule has 1 aliphatic rings. The van der Waals surface area contributed by atoms with E-state index in [1.165, 1.54) is 12.1 Å². The van der Waals surface area contributed by atoms with Gasteiger partial charge in [-0.05, 0) is 36.1 Å². The van der Waals surface area contributed by atoms with Crippen molar-refractivity contribution in [1.82, 2.24) is 5.32 Å². The van der Waals surface area contributed by atoms with E-state index >= 15 is 0 Å². The second kappa shape index (κ2) is 4.84. The van der Waals surface area contributed by atoms with Crippen LogP contribution in [0.1, 0.15) is 25.0 Å². The zero-order chi connectivity index (χ0) is 12.6. The predicted octanol–water partition coefficient (Wildman–Crippen LogP) is 2.55. The normalized spacial score (nSPS) is 24.2. The largest absolute Gasteiger partial charge is 0.378 e. The lowest BCUT2D eigenvalue weighted by molar-refractivity contribution is -0.129. The Kier molecular flexibility index (Phi) is 3.61. The Morgan fingerprint density at radius 2 is 1.94 bits per heavy atom. The first kappa shape index (κ1) is 12.7. The highest BCUT2D eigenvalue weighted by Crippen LogP contribution is 2.30. The molecule has 0 bridgehead atoms. The molecule has 0 aromatic heterocycles. The van der Waals surface area contributed by atoms with Crippen LogP contribution < -0.4 is 5.32 Å². The van der Waals surface area contributed by atoms with Crippen molar-refractivity contribution < 1.29 is 9.90 Å². The Balaban J connectivity index is 2.07. The summed E-state index contributed by atoms with van der Waals surface area (Å²) >= 11 is 11.6. The number of aliphatic hydroxyl groups is 1. The maximum Gasteiger partial charge on any atom is 0.253 e. The molecule has 0 spiro atoms. The van der Waals surface area contributed by atoms with Crippen LogP contribution in [0, 0.1) is 5.92 Å². The number of halogens is 2. The molecule has 3 nitrogen and oxygen atoms in total. The van der Waals surface area contributed by atoms with Gasteiger partial charge in [0.1, 0.15) is 0 Å². The van der Waals surface area contributed by atoms with E-state index in [9.17, 15) is 9.90 Å². The van der Waals surface area contributed by atoms with Crippen molar-refractivity contribution in [2.24, 2.45) is 5.92 Å². The number of benzene rings is 1. The minimum Gasteiger partial charge on any atom is -0.378 e. The number of hydrogen-bond donors (Lipinski definition) is 2. The van der Waals surface area contributed by atoms with Gasteiger partial charge in [-0.1, -0.05) is 30.1 Å². The number of carbonyl (C=O) groups is 1. The molecule has 1 saturated carbocycles. The summed E-state index contributed by atoms with van der Waals surface area (Å²) in [6.07, 6.45) is -0.256. The van der Waals surface area contributed by atoms with Gasteiger partial charge in [-0.15, -0.1) is 0 Å². The van der Waals surface area contributed by atoms with Gasteiger partial charge in [-0.25, -0.2) is 0 Å². The summed E-state index contributed by atoms with van der Waals surface area (Å²) in [5, 5.41) is 13.4. The molecule has 2 rings (SSSR count). The third-order valence-corrected chi connectivity index (χ3v) is 3.32. The van der Waals surface area contributed by atoms with Crippen molar-refractivity contribution in [2.45, 2.75) is 25.5 Å². The molecule has 3 atom stereocenters. The summed E-state index contributed by atoms with van der Waals surface area (Å²) in [6, 6.07) is 4.81. The highest BCUT2D eigenvalue weighted by Gasteiger charge is 2.35. The van der Waals surface area contributed by atoms with E-state index in [1.807, 2.05) is 6.92 Å². The molecule has 0 saturated heterocycles. The summed E-state index contributed by atoms with van der Waals surface area (Å²) in [5.41, 5.74) is 0.410.